The van der Waals surface area contributed by atoms with Crippen molar-refractivity contribution >= 4 is 23.6 Å². The first kappa shape index (κ1) is 13.4. The number of aromatic nitrogens is 2. The first-order chi connectivity index (χ1) is 9.15. The summed E-state index contributed by atoms with van der Waals surface area (Å²) >= 11 is 6.01. The number of amides is 1. The lowest BCUT2D eigenvalue weighted by molar-refractivity contribution is -0.116. The molecule has 2 N–H and O–H groups in total. The number of nitrogens with one attached hydrogen (secondary N) is 2. The smallest absolute Gasteiger partial charge is 0.244 e. The molecule has 2 rings (SSSR count). The number of carbonyl (C=O) groups excluding carboxylic acids is 1. The van der Waals surface area contributed by atoms with Crippen molar-refractivity contribution in [2.75, 3.05) is 0 Å². The van der Waals surface area contributed by atoms with E-state index in [-0.39, 0.29) is 5.91 Å². The number of hydrogen-bond acceptors (Lipinski definition) is 2. The summed E-state index contributed by atoms with van der Waals surface area (Å²) in [6.45, 7) is 2.37. The van der Waals surface area contributed by atoms with Gasteiger partial charge in [0, 0.05) is 17.3 Å². The van der Waals surface area contributed by atoms with Crippen molar-refractivity contribution in [2.24, 2.45) is 0 Å². The highest BCUT2D eigenvalue weighted by Gasteiger charge is 1.98. The fraction of sp³-hybridized carbons (Fsp3) is 0.143. The molecule has 0 fully saturated rings. The minimum absolute atomic E-state index is 0.161. The highest BCUT2D eigenvalue weighted by atomic mass is 35.5. The first-order valence-corrected chi connectivity index (χ1v) is 6.22. The highest BCUT2D eigenvalue weighted by Crippen LogP contribution is 2.17. The highest BCUT2D eigenvalue weighted by molar-refractivity contribution is 6.31. The molecule has 0 aliphatic carbocycles. The van der Waals surface area contributed by atoms with Gasteiger partial charge in [0.2, 0.25) is 5.91 Å². The second-order valence-corrected chi connectivity index (χ2v) is 4.54. The van der Waals surface area contributed by atoms with E-state index >= 15 is 0 Å². The van der Waals surface area contributed by atoms with E-state index in [2.05, 4.69) is 15.3 Å². The molecule has 0 saturated carbocycles. The van der Waals surface area contributed by atoms with Crippen molar-refractivity contribution in [1.29, 1.82) is 0 Å². The summed E-state index contributed by atoms with van der Waals surface area (Å²) in [4.78, 5) is 18.4. The van der Waals surface area contributed by atoms with Gasteiger partial charge in [0.05, 0.1) is 18.6 Å². The summed E-state index contributed by atoms with van der Waals surface area (Å²) in [5.41, 5.74) is 2.77. The molecule has 98 valence electrons. The van der Waals surface area contributed by atoms with Gasteiger partial charge < -0.3 is 10.3 Å². The number of aryl methyl sites for hydroxylation is 1. The van der Waals surface area contributed by atoms with E-state index in [9.17, 15) is 4.79 Å². The van der Waals surface area contributed by atoms with Crippen LogP contribution in [-0.4, -0.2) is 15.9 Å². The fourth-order valence-electron chi connectivity index (χ4n) is 1.51. The minimum atomic E-state index is -0.161. The fourth-order valence-corrected chi connectivity index (χ4v) is 1.70. The average molecular weight is 276 g/mol. The van der Waals surface area contributed by atoms with Crippen molar-refractivity contribution < 1.29 is 4.79 Å². The monoisotopic (exact) mass is 275 g/mol. The van der Waals surface area contributed by atoms with Gasteiger partial charge in [-0.1, -0.05) is 23.7 Å². The summed E-state index contributed by atoms with van der Waals surface area (Å²) in [7, 11) is 0. The largest absolute Gasteiger partial charge is 0.347 e. The average Bonchev–Trinajstić information content (AvgIpc) is 2.91. The van der Waals surface area contributed by atoms with Gasteiger partial charge in [0.25, 0.3) is 0 Å². The van der Waals surface area contributed by atoms with Gasteiger partial charge >= 0.3 is 0 Å². The molecule has 0 saturated heterocycles. The zero-order valence-electron chi connectivity index (χ0n) is 10.5. The first-order valence-electron chi connectivity index (χ1n) is 5.84. The van der Waals surface area contributed by atoms with E-state index in [4.69, 9.17) is 11.6 Å². The molecule has 0 bridgehead atoms. The van der Waals surface area contributed by atoms with Crippen LogP contribution in [0.4, 0.5) is 0 Å². The van der Waals surface area contributed by atoms with Crippen LogP contribution in [0.15, 0.2) is 36.8 Å². The van der Waals surface area contributed by atoms with Gasteiger partial charge in [0.1, 0.15) is 0 Å². The molecule has 1 amide bonds. The number of hydrogen-bond donors (Lipinski definition) is 2. The third kappa shape index (κ3) is 3.96. The Bertz CT molecular complexity index is 591. The molecule has 1 aromatic heterocycles. The van der Waals surface area contributed by atoms with Gasteiger partial charge in [-0.3, -0.25) is 4.79 Å². The number of benzene rings is 1. The normalized spacial score (nSPS) is 10.8. The Balaban J connectivity index is 1.90. The predicted octanol–water partition coefficient (Wildman–Crippen LogP) is 2.70. The van der Waals surface area contributed by atoms with Gasteiger partial charge in [-0.25, -0.2) is 4.98 Å². The Kier molecular flexibility index (Phi) is 4.36. The Morgan fingerprint density at radius 1 is 1.53 bits per heavy atom. The van der Waals surface area contributed by atoms with E-state index in [0.29, 0.717) is 11.6 Å². The maximum absolute atomic E-state index is 11.6. The number of H-pyrrole nitrogens is 1. The van der Waals surface area contributed by atoms with Crippen molar-refractivity contribution in [3.05, 3.63) is 58.6 Å². The maximum Gasteiger partial charge on any atom is 0.244 e. The van der Waals surface area contributed by atoms with E-state index < -0.39 is 0 Å². The van der Waals surface area contributed by atoms with Crippen molar-refractivity contribution in [1.82, 2.24) is 15.3 Å². The van der Waals surface area contributed by atoms with Gasteiger partial charge in [-0.05, 0) is 30.2 Å². The second kappa shape index (κ2) is 6.20. The topological polar surface area (TPSA) is 57.8 Å². The van der Waals surface area contributed by atoms with Crippen molar-refractivity contribution in [3.8, 4) is 0 Å². The van der Waals surface area contributed by atoms with Crippen LogP contribution in [0.2, 0.25) is 5.02 Å². The Hall–Kier alpha value is -2.07. The summed E-state index contributed by atoms with van der Waals surface area (Å²) in [5, 5.41) is 3.45. The number of aromatic amines is 1. The molecule has 0 aliphatic rings. The lowest BCUT2D eigenvalue weighted by atomic mass is 10.1. The molecule has 1 heterocycles. The van der Waals surface area contributed by atoms with Crippen molar-refractivity contribution in [3.63, 3.8) is 0 Å². The van der Waals surface area contributed by atoms with E-state index in [0.717, 1.165) is 16.8 Å². The molecule has 1 aromatic carbocycles. The summed E-state index contributed by atoms with van der Waals surface area (Å²) in [5.74, 6) is -0.161. The third-order valence-electron chi connectivity index (χ3n) is 2.63. The summed E-state index contributed by atoms with van der Waals surface area (Å²) in [6, 6.07) is 5.67. The molecule has 2 aromatic rings. The molecule has 0 unspecified atom stereocenters. The lowest BCUT2D eigenvalue weighted by Gasteiger charge is -2.00. The Morgan fingerprint density at radius 3 is 3.05 bits per heavy atom. The molecule has 5 heteroatoms. The van der Waals surface area contributed by atoms with Crippen LogP contribution in [0.3, 0.4) is 0 Å². The quantitative estimate of drug-likeness (QED) is 0.843. The van der Waals surface area contributed by atoms with Crippen LogP contribution in [0, 0.1) is 6.92 Å². The maximum atomic E-state index is 11.6. The zero-order chi connectivity index (χ0) is 13.7. The molecule has 0 spiro atoms. The number of rotatable bonds is 4. The molecule has 0 radical (unpaired) electrons. The van der Waals surface area contributed by atoms with Gasteiger partial charge in [-0.15, -0.1) is 0 Å². The van der Waals surface area contributed by atoms with Gasteiger partial charge in [0.15, 0.2) is 0 Å². The number of nitrogens with zero attached hydrogens (tertiary/aromatic N) is 1. The van der Waals surface area contributed by atoms with Crippen LogP contribution < -0.4 is 5.32 Å². The predicted molar refractivity (Wildman–Crippen MR) is 75.7 cm³/mol. The van der Waals surface area contributed by atoms with Crippen molar-refractivity contribution in [2.45, 2.75) is 13.5 Å². The Morgan fingerprint density at radius 2 is 2.37 bits per heavy atom. The zero-order valence-corrected chi connectivity index (χ0v) is 11.2. The Labute approximate surface area is 116 Å². The molecule has 0 atom stereocenters. The van der Waals surface area contributed by atoms with E-state index in [1.54, 1.807) is 18.6 Å². The number of imidazole rings is 1. The molecule has 19 heavy (non-hydrogen) atoms. The minimum Gasteiger partial charge on any atom is -0.347 e. The van der Waals surface area contributed by atoms with Gasteiger partial charge in [-0.2, -0.15) is 0 Å². The summed E-state index contributed by atoms with van der Waals surface area (Å²) in [6.07, 6.45) is 6.46. The van der Waals surface area contributed by atoms with Crippen LogP contribution >= 0.6 is 11.6 Å². The van der Waals surface area contributed by atoms with E-state index in [1.807, 2.05) is 25.1 Å². The van der Waals surface area contributed by atoms with Crippen LogP contribution in [0.5, 0.6) is 0 Å². The summed E-state index contributed by atoms with van der Waals surface area (Å²) < 4.78 is 0. The molecule has 4 nitrogen and oxygen atoms in total. The molecular weight excluding hydrogens is 262 g/mol. The second-order valence-electron chi connectivity index (χ2n) is 4.14. The lowest BCUT2D eigenvalue weighted by Crippen LogP contribution is -2.20. The van der Waals surface area contributed by atoms with Crippen LogP contribution in [-0.2, 0) is 11.3 Å². The van der Waals surface area contributed by atoms with Crippen LogP contribution in [0.25, 0.3) is 6.08 Å². The van der Waals surface area contributed by atoms with E-state index in [1.165, 1.54) is 6.08 Å². The molecular formula is C14H14ClN3O. The van der Waals surface area contributed by atoms with Crippen LogP contribution in [0.1, 0.15) is 16.8 Å². The third-order valence-corrected chi connectivity index (χ3v) is 3.04. The molecule has 0 aliphatic heterocycles. The standard InChI is InChI=1S/C14H14ClN3O/c1-10-2-3-11(6-13(10)15)4-5-14(19)17-8-12-7-16-9-18-12/h2-7,9H,8H2,1H3,(H,16,18)(H,17,19). The SMILES string of the molecule is Cc1ccc(C=CC(=O)NCc2cnc[nH]2)cc1Cl. The number of halogens is 1. The number of carbonyl (C=O) groups is 1.